The molecule has 0 amide bonds. The fraction of sp³-hybridized carbons (Fsp3) is 0.400. The second kappa shape index (κ2) is 10.7. The SMILES string of the molecule is C=C1/C(=C\C(=C/C)C(=O)O)CCCN1Cc1cc(C2(C)C=CC=CC2C(=O)OC(C)(C)C)ccc1F. The van der Waals surface area contributed by atoms with E-state index < -0.39 is 22.9 Å². The van der Waals surface area contributed by atoms with Gasteiger partial charge in [-0.1, -0.05) is 56.0 Å². The maximum absolute atomic E-state index is 15.0. The minimum atomic E-state index is -0.990. The van der Waals surface area contributed by atoms with Gasteiger partial charge < -0.3 is 14.7 Å². The normalized spacial score (nSPS) is 23.8. The number of nitrogens with zero attached hydrogens (tertiary/aromatic N) is 1. The molecule has 1 aromatic carbocycles. The summed E-state index contributed by atoms with van der Waals surface area (Å²) in [5, 5.41) is 9.38. The van der Waals surface area contributed by atoms with E-state index in [9.17, 15) is 14.7 Å². The van der Waals surface area contributed by atoms with Crippen LogP contribution in [0.4, 0.5) is 4.39 Å². The summed E-state index contributed by atoms with van der Waals surface area (Å²) in [6.07, 6.45) is 12.3. The highest BCUT2D eigenvalue weighted by Gasteiger charge is 2.40. The fourth-order valence-corrected chi connectivity index (χ4v) is 4.66. The van der Waals surface area contributed by atoms with E-state index in [1.807, 2.05) is 63.0 Å². The van der Waals surface area contributed by atoms with Crippen molar-refractivity contribution in [2.75, 3.05) is 6.54 Å². The van der Waals surface area contributed by atoms with Crippen molar-refractivity contribution in [1.29, 1.82) is 0 Å². The average Bonchev–Trinajstić information content (AvgIpc) is 2.79. The monoisotopic (exact) mass is 493 g/mol. The van der Waals surface area contributed by atoms with Gasteiger partial charge in [0.15, 0.2) is 0 Å². The highest BCUT2D eigenvalue weighted by atomic mass is 19.1. The van der Waals surface area contributed by atoms with Crippen LogP contribution in [-0.4, -0.2) is 34.1 Å². The molecule has 36 heavy (non-hydrogen) atoms. The van der Waals surface area contributed by atoms with Gasteiger partial charge in [0, 0.05) is 29.8 Å². The van der Waals surface area contributed by atoms with E-state index in [1.165, 1.54) is 6.07 Å². The lowest BCUT2D eigenvalue weighted by Crippen LogP contribution is -2.40. The van der Waals surface area contributed by atoms with Gasteiger partial charge in [0.2, 0.25) is 0 Å². The summed E-state index contributed by atoms with van der Waals surface area (Å²) in [5.74, 6) is -2.20. The Bertz CT molecular complexity index is 1170. The van der Waals surface area contributed by atoms with Crippen molar-refractivity contribution in [3.05, 3.63) is 95.0 Å². The zero-order valence-electron chi connectivity index (χ0n) is 21.8. The van der Waals surface area contributed by atoms with Crippen LogP contribution in [0.5, 0.6) is 0 Å². The zero-order valence-corrected chi connectivity index (χ0v) is 21.8. The largest absolute Gasteiger partial charge is 0.478 e. The van der Waals surface area contributed by atoms with E-state index >= 15 is 4.39 Å². The Balaban J connectivity index is 1.90. The number of allylic oxidation sites excluding steroid dienone is 5. The number of hydrogen-bond donors (Lipinski definition) is 1. The summed E-state index contributed by atoms with van der Waals surface area (Å²) in [6.45, 7) is 14.3. The first-order valence-electron chi connectivity index (χ1n) is 12.3. The molecule has 0 saturated carbocycles. The molecular weight excluding hydrogens is 457 g/mol. The van der Waals surface area contributed by atoms with Crippen LogP contribution in [0.1, 0.15) is 58.6 Å². The highest BCUT2D eigenvalue weighted by Crippen LogP contribution is 2.39. The van der Waals surface area contributed by atoms with Crippen LogP contribution < -0.4 is 0 Å². The molecule has 1 aliphatic carbocycles. The number of carboxylic acid groups (broad SMARTS) is 1. The first-order valence-corrected chi connectivity index (χ1v) is 12.3. The summed E-state index contributed by atoms with van der Waals surface area (Å²) in [6, 6.07) is 4.98. The second-order valence-corrected chi connectivity index (χ2v) is 10.5. The van der Waals surface area contributed by atoms with Crippen molar-refractivity contribution in [3.8, 4) is 0 Å². The minimum absolute atomic E-state index is 0.208. The zero-order chi connectivity index (χ0) is 26.7. The number of piperidine rings is 1. The van der Waals surface area contributed by atoms with Gasteiger partial charge in [0.05, 0.1) is 11.5 Å². The number of carbonyl (C=O) groups is 2. The molecular formula is C30H36FNO4. The number of hydrogen-bond acceptors (Lipinski definition) is 4. The van der Waals surface area contributed by atoms with Gasteiger partial charge in [-0.2, -0.15) is 0 Å². The molecule has 1 heterocycles. The lowest BCUT2D eigenvalue weighted by molar-refractivity contribution is -0.159. The molecule has 1 saturated heterocycles. The molecule has 1 aromatic rings. The molecule has 0 spiro atoms. The smallest absolute Gasteiger partial charge is 0.335 e. The highest BCUT2D eigenvalue weighted by molar-refractivity contribution is 5.90. The van der Waals surface area contributed by atoms with Crippen molar-refractivity contribution in [3.63, 3.8) is 0 Å². The van der Waals surface area contributed by atoms with Gasteiger partial charge in [-0.3, -0.25) is 4.79 Å². The Hall–Kier alpha value is -3.41. The fourth-order valence-electron chi connectivity index (χ4n) is 4.66. The third-order valence-corrected chi connectivity index (χ3v) is 6.71. The Morgan fingerprint density at radius 1 is 1.31 bits per heavy atom. The number of halogens is 1. The van der Waals surface area contributed by atoms with Crippen molar-refractivity contribution >= 4 is 11.9 Å². The molecule has 0 aromatic heterocycles. The van der Waals surface area contributed by atoms with Crippen LogP contribution in [0.3, 0.4) is 0 Å². The van der Waals surface area contributed by atoms with Gasteiger partial charge in [-0.25, -0.2) is 9.18 Å². The first-order chi connectivity index (χ1) is 16.9. The van der Waals surface area contributed by atoms with Crippen LogP contribution in [0, 0.1) is 11.7 Å². The van der Waals surface area contributed by atoms with E-state index in [-0.39, 0.29) is 17.4 Å². The topological polar surface area (TPSA) is 66.8 Å². The second-order valence-electron chi connectivity index (χ2n) is 10.5. The molecule has 0 radical (unpaired) electrons. The molecule has 2 unspecified atom stereocenters. The Kier molecular flexibility index (Phi) is 8.07. The average molecular weight is 494 g/mol. The van der Waals surface area contributed by atoms with Crippen LogP contribution in [0.2, 0.25) is 0 Å². The number of ether oxygens (including phenoxy) is 1. The summed E-state index contributed by atoms with van der Waals surface area (Å²) in [5.41, 5.74) is 1.73. The number of benzene rings is 1. The van der Waals surface area contributed by atoms with Gasteiger partial charge in [-0.05, 0) is 63.8 Å². The van der Waals surface area contributed by atoms with Crippen LogP contribution in [0.25, 0.3) is 0 Å². The van der Waals surface area contributed by atoms with E-state index in [0.717, 1.165) is 24.0 Å². The van der Waals surface area contributed by atoms with E-state index in [2.05, 4.69) is 6.58 Å². The molecule has 1 fully saturated rings. The molecule has 192 valence electrons. The third kappa shape index (κ3) is 6.04. The van der Waals surface area contributed by atoms with Crippen molar-refractivity contribution in [2.24, 2.45) is 5.92 Å². The lowest BCUT2D eigenvalue weighted by atomic mass is 9.69. The quantitative estimate of drug-likeness (QED) is 0.376. The van der Waals surface area contributed by atoms with Crippen molar-refractivity contribution in [1.82, 2.24) is 4.90 Å². The first kappa shape index (κ1) is 27.2. The van der Waals surface area contributed by atoms with Crippen LogP contribution >= 0.6 is 0 Å². The number of aliphatic carboxylic acids is 1. The molecule has 1 aliphatic heterocycles. The summed E-state index contributed by atoms with van der Waals surface area (Å²) in [4.78, 5) is 26.5. The number of likely N-dealkylation sites (tertiary alicyclic amines) is 1. The maximum atomic E-state index is 15.0. The molecule has 0 bridgehead atoms. The minimum Gasteiger partial charge on any atom is -0.478 e. The molecule has 2 aliphatic rings. The van der Waals surface area contributed by atoms with Gasteiger partial charge >= 0.3 is 11.9 Å². The molecule has 2 atom stereocenters. The van der Waals surface area contributed by atoms with Crippen LogP contribution in [-0.2, 0) is 26.3 Å². The number of carbonyl (C=O) groups excluding carboxylic acids is 1. The van der Waals surface area contributed by atoms with Gasteiger partial charge in [0.1, 0.15) is 11.4 Å². The number of carboxylic acids is 1. The predicted octanol–water partition coefficient (Wildman–Crippen LogP) is 6.23. The number of rotatable bonds is 6. The third-order valence-electron chi connectivity index (χ3n) is 6.71. The summed E-state index contributed by atoms with van der Waals surface area (Å²) >= 11 is 0. The van der Waals surface area contributed by atoms with E-state index in [4.69, 9.17) is 4.74 Å². The molecule has 1 N–H and O–H groups in total. The van der Waals surface area contributed by atoms with Gasteiger partial charge in [0.25, 0.3) is 0 Å². The van der Waals surface area contributed by atoms with Crippen molar-refractivity contribution in [2.45, 2.75) is 65.0 Å². The van der Waals surface area contributed by atoms with E-state index in [0.29, 0.717) is 24.4 Å². The number of esters is 1. The predicted molar refractivity (Wildman–Crippen MR) is 140 cm³/mol. The molecule has 3 rings (SSSR count). The van der Waals surface area contributed by atoms with Crippen molar-refractivity contribution < 1.29 is 23.8 Å². The maximum Gasteiger partial charge on any atom is 0.335 e. The summed E-state index contributed by atoms with van der Waals surface area (Å²) in [7, 11) is 0. The Morgan fingerprint density at radius 3 is 2.67 bits per heavy atom. The summed E-state index contributed by atoms with van der Waals surface area (Å²) < 4.78 is 20.7. The van der Waals surface area contributed by atoms with Crippen LogP contribution in [0.15, 0.2) is 78.1 Å². The van der Waals surface area contributed by atoms with E-state index in [1.54, 1.807) is 25.1 Å². The van der Waals surface area contributed by atoms with Gasteiger partial charge in [-0.15, -0.1) is 0 Å². The lowest BCUT2D eigenvalue weighted by Gasteiger charge is -2.37. The molecule has 5 nitrogen and oxygen atoms in total. The molecule has 6 heteroatoms. The standard InChI is InChI=1S/C30H36FNO4/c1-7-21(27(33)34)17-22-11-10-16-32(20(22)2)19-23-18-24(13-14-26(23)31)30(6)15-9-8-12-25(30)28(35)36-29(3,4)5/h7-9,12-15,17-18,25H,2,10-11,16,19H2,1,3-6H3,(H,33,34)/b21-7+,22-17-. The Morgan fingerprint density at radius 2 is 2.03 bits per heavy atom. The Labute approximate surface area is 213 Å².